The molecule has 1 N–H and O–H groups in total. The molecule has 1 amide bonds. The van der Waals surface area contributed by atoms with Crippen molar-refractivity contribution in [2.45, 2.75) is 39.5 Å². The zero-order valence-corrected chi connectivity index (χ0v) is 12.4. The molecule has 0 bridgehead atoms. The van der Waals surface area contributed by atoms with E-state index in [4.69, 9.17) is 0 Å². The lowest BCUT2D eigenvalue weighted by molar-refractivity contribution is 0.0948. The third kappa shape index (κ3) is 3.92. The molecule has 1 aromatic rings. The number of anilines is 1. The fourth-order valence-corrected chi connectivity index (χ4v) is 2.35. The molecule has 1 saturated heterocycles. The van der Waals surface area contributed by atoms with Crippen molar-refractivity contribution in [3.63, 3.8) is 0 Å². The molecule has 0 aliphatic carbocycles. The lowest BCUT2D eigenvalue weighted by Crippen LogP contribution is -2.34. The summed E-state index contributed by atoms with van der Waals surface area (Å²) in [4.78, 5) is 22.6. The third-order valence-electron chi connectivity index (χ3n) is 3.81. The number of carbonyl (C=O) groups excluding carboxylic acids is 1. The minimum atomic E-state index is -0.104. The van der Waals surface area contributed by atoms with Gasteiger partial charge < -0.3 is 10.2 Å². The van der Waals surface area contributed by atoms with Crippen molar-refractivity contribution in [3.8, 4) is 0 Å². The van der Waals surface area contributed by atoms with Crippen LogP contribution >= 0.6 is 0 Å². The highest BCUT2D eigenvalue weighted by atomic mass is 16.1. The molecule has 0 atom stereocenters. The molecule has 110 valence electrons. The van der Waals surface area contributed by atoms with Gasteiger partial charge in [-0.3, -0.25) is 4.79 Å². The summed E-state index contributed by atoms with van der Waals surface area (Å²) in [6.07, 6.45) is 5.92. The highest BCUT2D eigenvalue weighted by Crippen LogP contribution is 2.21. The quantitative estimate of drug-likeness (QED) is 0.838. The summed E-state index contributed by atoms with van der Waals surface area (Å²) in [5, 5.41) is 2.89. The Kier molecular flexibility index (Phi) is 5.32. The highest BCUT2D eigenvalue weighted by molar-refractivity contribution is 5.92. The largest absolute Gasteiger partial charge is 0.356 e. The molecule has 0 saturated carbocycles. The lowest BCUT2D eigenvalue weighted by atomic mass is 9.99. The van der Waals surface area contributed by atoms with Crippen LogP contribution in [0.4, 0.5) is 5.82 Å². The van der Waals surface area contributed by atoms with Gasteiger partial charge in [0.1, 0.15) is 17.8 Å². The molecule has 2 rings (SSSR count). The van der Waals surface area contributed by atoms with E-state index in [0.29, 0.717) is 12.2 Å². The summed E-state index contributed by atoms with van der Waals surface area (Å²) < 4.78 is 0. The molecule has 0 unspecified atom stereocenters. The minimum absolute atomic E-state index is 0.104. The summed E-state index contributed by atoms with van der Waals surface area (Å²) in [5.74, 6) is 1.55. The van der Waals surface area contributed by atoms with Crippen molar-refractivity contribution in [3.05, 3.63) is 18.1 Å². The topological polar surface area (TPSA) is 58.1 Å². The van der Waals surface area contributed by atoms with E-state index in [1.165, 1.54) is 19.2 Å². The van der Waals surface area contributed by atoms with Gasteiger partial charge in [-0.05, 0) is 25.2 Å². The van der Waals surface area contributed by atoms with Gasteiger partial charge in [0, 0.05) is 25.7 Å². The lowest BCUT2D eigenvalue weighted by Gasteiger charge is -2.31. The zero-order chi connectivity index (χ0) is 14.4. The number of nitrogens with zero attached hydrogens (tertiary/aromatic N) is 3. The monoisotopic (exact) mass is 276 g/mol. The van der Waals surface area contributed by atoms with E-state index in [2.05, 4.69) is 34.0 Å². The molecule has 0 aromatic carbocycles. The Morgan fingerprint density at radius 1 is 1.40 bits per heavy atom. The summed E-state index contributed by atoms with van der Waals surface area (Å²) >= 11 is 0. The van der Waals surface area contributed by atoms with Gasteiger partial charge in [0.2, 0.25) is 0 Å². The van der Waals surface area contributed by atoms with Crippen LogP contribution in [0.25, 0.3) is 0 Å². The fourth-order valence-electron chi connectivity index (χ4n) is 2.35. The summed E-state index contributed by atoms with van der Waals surface area (Å²) in [6.45, 7) is 7.11. The smallest absolute Gasteiger partial charge is 0.270 e. The van der Waals surface area contributed by atoms with E-state index in [1.54, 1.807) is 6.07 Å². The maximum absolute atomic E-state index is 12.0. The number of unbranched alkanes of at least 4 members (excludes halogenated alkanes) is 1. The first-order valence-electron chi connectivity index (χ1n) is 7.56. The number of carbonyl (C=O) groups is 1. The van der Waals surface area contributed by atoms with Gasteiger partial charge in [0.25, 0.3) is 5.91 Å². The molecule has 1 aromatic heterocycles. The predicted molar refractivity (Wildman–Crippen MR) is 79.9 cm³/mol. The average Bonchev–Trinajstić information content (AvgIpc) is 2.48. The van der Waals surface area contributed by atoms with E-state index < -0.39 is 0 Å². The molecule has 5 heteroatoms. The van der Waals surface area contributed by atoms with Gasteiger partial charge in [-0.1, -0.05) is 20.3 Å². The predicted octanol–water partition coefficient (Wildman–Crippen LogP) is 2.24. The van der Waals surface area contributed by atoms with Crippen molar-refractivity contribution in [1.82, 2.24) is 15.3 Å². The number of aromatic nitrogens is 2. The van der Waals surface area contributed by atoms with Crippen molar-refractivity contribution in [1.29, 1.82) is 0 Å². The van der Waals surface area contributed by atoms with E-state index in [-0.39, 0.29) is 5.91 Å². The number of hydrogen-bond acceptors (Lipinski definition) is 4. The minimum Gasteiger partial charge on any atom is -0.356 e. The van der Waals surface area contributed by atoms with Crippen LogP contribution in [-0.4, -0.2) is 35.5 Å². The van der Waals surface area contributed by atoms with Crippen LogP contribution in [0.5, 0.6) is 0 Å². The maximum Gasteiger partial charge on any atom is 0.270 e. The molecular formula is C15H24N4O. The fraction of sp³-hybridized carbons (Fsp3) is 0.667. The normalized spacial score (nSPS) is 16.2. The van der Waals surface area contributed by atoms with Crippen LogP contribution in [-0.2, 0) is 0 Å². The Bertz CT molecular complexity index is 441. The van der Waals surface area contributed by atoms with Crippen LogP contribution in [0.2, 0.25) is 0 Å². The number of hydrogen-bond donors (Lipinski definition) is 1. The van der Waals surface area contributed by atoms with Gasteiger partial charge >= 0.3 is 0 Å². The van der Waals surface area contributed by atoms with E-state index >= 15 is 0 Å². The van der Waals surface area contributed by atoms with Crippen molar-refractivity contribution in [2.75, 3.05) is 24.5 Å². The summed E-state index contributed by atoms with van der Waals surface area (Å²) in [5.41, 5.74) is 0.463. The molecule has 1 aliphatic heterocycles. The first-order chi connectivity index (χ1) is 9.70. The highest BCUT2D eigenvalue weighted by Gasteiger charge is 2.18. The number of rotatable bonds is 5. The number of amides is 1. The summed E-state index contributed by atoms with van der Waals surface area (Å²) in [7, 11) is 0. The van der Waals surface area contributed by atoms with Gasteiger partial charge in [-0.15, -0.1) is 0 Å². The van der Waals surface area contributed by atoms with Gasteiger partial charge in [-0.25, -0.2) is 9.97 Å². The second-order valence-corrected chi connectivity index (χ2v) is 5.54. The molecule has 1 aliphatic rings. The molecular weight excluding hydrogens is 252 g/mol. The van der Waals surface area contributed by atoms with Gasteiger partial charge in [-0.2, -0.15) is 0 Å². The Hall–Kier alpha value is -1.65. The second-order valence-electron chi connectivity index (χ2n) is 5.54. The van der Waals surface area contributed by atoms with E-state index in [1.807, 2.05) is 0 Å². The van der Waals surface area contributed by atoms with Crippen LogP contribution < -0.4 is 10.2 Å². The molecule has 1 fully saturated rings. The van der Waals surface area contributed by atoms with Gasteiger partial charge in [0.05, 0.1) is 0 Å². The standard InChI is InChI=1S/C15H24N4O/c1-3-4-7-16-15(20)13-10-14(18-11-17-13)19-8-5-12(2)6-9-19/h10-12H,3-9H2,1-2H3,(H,16,20). The van der Waals surface area contributed by atoms with Crippen molar-refractivity contribution in [2.24, 2.45) is 5.92 Å². The second kappa shape index (κ2) is 7.22. The Morgan fingerprint density at radius 2 is 2.15 bits per heavy atom. The number of piperidine rings is 1. The SMILES string of the molecule is CCCCNC(=O)c1cc(N2CCC(C)CC2)ncn1. The maximum atomic E-state index is 12.0. The van der Waals surface area contributed by atoms with E-state index in [0.717, 1.165) is 37.7 Å². The molecule has 20 heavy (non-hydrogen) atoms. The number of nitrogens with one attached hydrogen (secondary N) is 1. The molecule has 0 spiro atoms. The van der Waals surface area contributed by atoms with Crippen LogP contribution in [0.15, 0.2) is 12.4 Å². The molecule has 0 radical (unpaired) electrons. The molecule has 5 nitrogen and oxygen atoms in total. The van der Waals surface area contributed by atoms with Crippen LogP contribution in [0.3, 0.4) is 0 Å². The zero-order valence-electron chi connectivity index (χ0n) is 12.4. The van der Waals surface area contributed by atoms with Gasteiger partial charge in [0.15, 0.2) is 0 Å². The van der Waals surface area contributed by atoms with Crippen molar-refractivity contribution >= 4 is 11.7 Å². The molecule has 2 heterocycles. The van der Waals surface area contributed by atoms with Crippen LogP contribution in [0.1, 0.15) is 50.0 Å². The Morgan fingerprint density at radius 3 is 2.85 bits per heavy atom. The van der Waals surface area contributed by atoms with Crippen molar-refractivity contribution < 1.29 is 4.79 Å². The first kappa shape index (κ1) is 14.8. The van der Waals surface area contributed by atoms with E-state index in [9.17, 15) is 4.79 Å². The summed E-state index contributed by atoms with van der Waals surface area (Å²) in [6, 6.07) is 1.80. The first-order valence-corrected chi connectivity index (χ1v) is 7.56. The van der Waals surface area contributed by atoms with Crippen LogP contribution in [0, 0.1) is 5.92 Å². The average molecular weight is 276 g/mol. The third-order valence-corrected chi connectivity index (χ3v) is 3.81. The Balaban J connectivity index is 1.98. The Labute approximate surface area is 120 Å².